The van der Waals surface area contributed by atoms with Crippen molar-refractivity contribution >= 4 is 57.4 Å². The van der Waals surface area contributed by atoms with Gasteiger partial charge in [0.15, 0.2) is 17.6 Å². The molecule has 1 amide bonds. The number of hydrogen-bond donors (Lipinski definition) is 1. The number of halogens is 1. The summed E-state index contributed by atoms with van der Waals surface area (Å²) in [5.41, 5.74) is 4.28. The minimum atomic E-state index is -1.19. The van der Waals surface area contributed by atoms with E-state index in [-0.39, 0.29) is 16.4 Å². The van der Waals surface area contributed by atoms with Crippen molar-refractivity contribution in [3.05, 3.63) is 98.2 Å². The number of nitrogens with one attached hydrogen (secondary N) is 1. The number of non-ortho nitro benzene ring substituents is 1. The fourth-order valence-corrected chi connectivity index (χ4v) is 5.30. The second-order valence-corrected chi connectivity index (χ2v) is 10.3. The average molecular weight is 602 g/mol. The lowest BCUT2D eigenvalue weighted by molar-refractivity contribution is -0.384. The Morgan fingerprint density at radius 3 is 2.53 bits per heavy atom. The van der Waals surface area contributed by atoms with Gasteiger partial charge in [0.05, 0.1) is 46.6 Å². The first-order chi connectivity index (χ1) is 20.7. The number of amides is 1. The number of para-hydroxylation sites is 1. The predicted octanol–water partition coefficient (Wildman–Crippen LogP) is 6.87. The molecule has 1 heterocycles. The molecule has 1 unspecified atom stereocenters. The van der Waals surface area contributed by atoms with Crippen molar-refractivity contribution in [2.75, 3.05) is 19.5 Å². The number of carbonyl (C=O) groups excluding carboxylic acids is 2. The number of aromatic nitrogens is 1. The molecule has 1 atom stereocenters. The number of nitro groups is 1. The van der Waals surface area contributed by atoms with Gasteiger partial charge in [0.25, 0.3) is 11.6 Å². The fraction of sp³-hybridized carbons (Fsp3) is 0.219. The van der Waals surface area contributed by atoms with Crippen molar-refractivity contribution in [3.63, 3.8) is 0 Å². The van der Waals surface area contributed by atoms with Gasteiger partial charge in [-0.2, -0.15) is 0 Å². The summed E-state index contributed by atoms with van der Waals surface area (Å²) < 4.78 is 16.5. The Balaban J connectivity index is 1.46. The van der Waals surface area contributed by atoms with Crippen molar-refractivity contribution in [3.8, 4) is 11.5 Å². The second-order valence-electron chi connectivity index (χ2n) is 9.93. The average Bonchev–Trinajstić information content (AvgIpc) is 3.00. The molecule has 3 aromatic carbocycles. The number of allylic oxidation sites excluding steroid dienone is 1. The summed E-state index contributed by atoms with van der Waals surface area (Å²) in [6.07, 6.45) is 3.00. The van der Waals surface area contributed by atoms with E-state index >= 15 is 0 Å². The zero-order valence-electron chi connectivity index (χ0n) is 23.7. The Kier molecular flexibility index (Phi) is 8.58. The molecular weight excluding hydrogens is 574 g/mol. The highest BCUT2D eigenvalue weighted by Gasteiger charge is 2.28. The molecule has 0 bridgehead atoms. The Morgan fingerprint density at radius 2 is 1.81 bits per heavy atom. The highest BCUT2D eigenvalue weighted by molar-refractivity contribution is 6.34. The van der Waals surface area contributed by atoms with E-state index in [0.717, 1.165) is 35.6 Å². The molecule has 10 nitrogen and oxygen atoms in total. The van der Waals surface area contributed by atoms with Crippen LogP contribution in [-0.4, -0.2) is 42.1 Å². The predicted molar refractivity (Wildman–Crippen MR) is 164 cm³/mol. The molecule has 0 saturated carbocycles. The summed E-state index contributed by atoms with van der Waals surface area (Å²) in [5, 5.41) is 14.2. The molecule has 1 aliphatic carbocycles. The molecule has 0 aliphatic heterocycles. The number of hydrogen-bond acceptors (Lipinski definition) is 8. The van der Waals surface area contributed by atoms with Gasteiger partial charge in [-0.25, -0.2) is 9.78 Å². The molecule has 0 saturated heterocycles. The molecule has 1 aliphatic rings. The summed E-state index contributed by atoms with van der Waals surface area (Å²) in [6, 6.07) is 16.6. The number of rotatable bonds is 8. The van der Waals surface area contributed by atoms with Crippen LogP contribution >= 0.6 is 11.6 Å². The standard InChI is InChI=1S/C32H28ClN3O7/c1-18(31(37)35-26-13-12-21(36(39)40)17-24(26)33)43-32(38)29-22-8-4-5-10-25(22)34-30-20(7-6-9-23(29)30)15-19-11-14-27(41-2)28(16-19)42-3/h4-5,8,10-18H,6-7,9H2,1-3H3,(H,35,37)/b20-15-. The van der Waals surface area contributed by atoms with Gasteiger partial charge in [-0.05, 0) is 73.2 Å². The van der Waals surface area contributed by atoms with Gasteiger partial charge in [0.2, 0.25) is 0 Å². The minimum Gasteiger partial charge on any atom is -0.493 e. The molecule has 43 heavy (non-hydrogen) atoms. The van der Waals surface area contributed by atoms with Gasteiger partial charge in [0, 0.05) is 17.5 Å². The molecule has 0 spiro atoms. The van der Waals surface area contributed by atoms with Gasteiger partial charge in [-0.15, -0.1) is 0 Å². The number of anilines is 1. The third-order valence-corrected chi connectivity index (χ3v) is 7.51. The van der Waals surface area contributed by atoms with E-state index in [1.807, 2.05) is 48.5 Å². The number of ether oxygens (including phenoxy) is 3. The highest BCUT2D eigenvalue weighted by atomic mass is 35.5. The van der Waals surface area contributed by atoms with Crippen LogP contribution in [-0.2, 0) is 16.0 Å². The summed E-state index contributed by atoms with van der Waals surface area (Å²) in [5.74, 6) is -0.0622. The largest absolute Gasteiger partial charge is 0.493 e. The summed E-state index contributed by atoms with van der Waals surface area (Å²) >= 11 is 6.12. The van der Waals surface area contributed by atoms with Crippen LogP contribution in [0.15, 0.2) is 60.7 Å². The van der Waals surface area contributed by atoms with Crippen molar-refractivity contribution in [2.24, 2.45) is 0 Å². The van der Waals surface area contributed by atoms with Crippen LogP contribution in [0, 0.1) is 10.1 Å². The van der Waals surface area contributed by atoms with Crippen LogP contribution in [0.2, 0.25) is 5.02 Å². The first-order valence-electron chi connectivity index (χ1n) is 13.5. The lowest BCUT2D eigenvalue weighted by Crippen LogP contribution is -2.30. The monoisotopic (exact) mass is 601 g/mol. The summed E-state index contributed by atoms with van der Waals surface area (Å²) in [6.45, 7) is 1.45. The maximum atomic E-state index is 13.7. The second kappa shape index (κ2) is 12.5. The first kappa shape index (κ1) is 29.5. The van der Waals surface area contributed by atoms with Crippen LogP contribution in [0.4, 0.5) is 11.4 Å². The number of nitrogens with zero attached hydrogens (tertiary/aromatic N) is 2. The summed E-state index contributed by atoms with van der Waals surface area (Å²) in [4.78, 5) is 42.0. The lowest BCUT2D eigenvalue weighted by atomic mass is 9.86. The number of carbonyl (C=O) groups is 2. The van der Waals surface area contributed by atoms with Gasteiger partial charge < -0.3 is 19.5 Å². The van der Waals surface area contributed by atoms with E-state index in [0.29, 0.717) is 40.1 Å². The number of benzene rings is 3. The maximum Gasteiger partial charge on any atom is 0.339 e. The minimum absolute atomic E-state index is 0.0101. The van der Waals surface area contributed by atoms with Crippen molar-refractivity contribution < 1.29 is 28.7 Å². The van der Waals surface area contributed by atoms with Crippen molar-refractivity contribution in [1.82, 2.24) is 4.98 Å². The van der Waals surface area contributed by atoms with Crippen LogP contribution in [0.3, 0.4) is 0 Å². The topological polar surface area (TPSA) is 130 Å². The molecule has 4 aromatic rings. The molecule has 5 rings (SSSR count). The quantitative estimate of drug-likeness (QED) is 0.131. The Morgan fingerprint density at radius 1 is 1.05 bits per heavy atom. The molecule has 0 fully saturated rings. The number of nitro benzene ring substituents is 1. The Labute approximate surface area is 252 Å². The lowest BCUT2D eigenvalue weighted by Gasteiger charge is -2.23. The molecule has 1 aromatic heterocycles. The third-order valence-electron chi connectivity index (χ3n) is 7.20. The van der Waals surface area contributed by atoms with Gasteiger partial charge in [-0.1, -0.05) is 35.9 Å². The van der Waals surface area contributed by atoms with Gasteiger partial charge in [0.1, 0.15) is 0 Å². The van der Waals surface area contributed by atoms with Crippen LogP contribution in [0.5, 0.6) is 11.5 Å². The first-order valence-corrected chi connectivity index (χ1v) is 13.9. The molecule has 0 radical (unpaired) electrons. The maximum absolute atomic E-state index is 13.7. The third kappa shape index (κ3) is 6.14. The van der Waals surface area contributed by atoms with Gasteiger partial charge >= 0.3 is 5.97 Å². The fourth-order valence-electron chi connectivity index (χ4n) is 5.08. The number of fused-ring (bicyclic) bond motifs is 2. The molecule has 220 valence electrons. The van der Waals surface area contributed by atoms with Crippen molar-refractivity contribution in [1.29, 1.82) is 0 Å². The Bertz CT molecular complexity index is 1790. The highest BCUT2D eigenvalue weighted by Crippen LogP contribution is 2.38. The molecule has 11 heteroatoms. The normalized spacial score (nSPS) is 14.1. The van der Waals surface area contributed by atoms with E-state index < -0.39 is 22.9 Å². The van der Waals surface area contributed by atoms with Crippen LogP contribution in [0.25, 0.3) is 22.6 Å². The van der Waals surface area contributed by atoms with Crippen LogP contribution < -0.4 is 14.8 Å². The smallest absolute Gasteiger partial charge is 0.339 e. The molecular formula is C32H28ClN3O7. The SMILES string of the molecule is COc1ccc(/C=C2/CCCc3c2nc2ccccc2c3C(=O)OC(C)C(=O)Nc2ccc([N+](=O)[O-])cc2Cl)cc1OC. The van der Waals surface area contributed by atoms with E-state index in [2.05, 4.69) is 5.32 Å². The van der Waals surface area contributed by atoms with Crippen molar-refractivity contribution in [2.45, 2.75) is 32.3 Å². The van der Waals surface area contributed by atoms with E-state index in [1.54, 1.807) is 14.2 Å². The van der Waals surface area contributed by atoms with E-state index in [9.17, 15) is 19.7 Å². The molecule has 1 N–H and O–H groups in total. The number of methoxy groups -OCH3 is 2. The summed E-state index contributed by atoms with van der Waals surface area (Å²) in [7, 11) is 3.16. The van der Waals surface area contributed by atoms with E-state index in [1.165, 1.54) is 19.1 Å². The van der Waals surface area contributed by atoms with E-state index in [4.69, 9.17) is 30.8 Å². The van der Waals surface area contributed by atoms with Gasteiger partial charge in [-0.3, -0.25) is 14.9 Å². The number of esters is 1. The zero-order chi connectivity index (χ0) is 30.7. The number of pyridine rings is 1. The zero-order valence-corrected chi connectivity index (χ0v) is 24.4. The van der Waals surface area contributed by atoms with Crippen LogP contribution in [0.1, 0.15) is 46.9 Å². The Hall–Kier alpha value is -4.96.